The number of rotatable bonds is 3. The van der Waals surface area contributed by atoms with Gasteiger partial charge in [0, 0.05) is 18.4 Å². The molecule has 2 aromatic carbocycles. The molecule has 1 aliphatic carbocycles. The van der Waals surface area contributed by atoms with E-state index in [1.165, 1.54) is 49.8 Å². The maximum atomic E-state index is 13.0. The van der Waals surface area contributed by atoms with Crippen LogP contribution in [0.3, 0.4) is 0 Å². The van der Waals surface area contributed by atoms with Crippen molar-refractivity contribution in [2.45, 2.75) is 38.0 Å². The maximum Gasteiger partial charge on any atom is 0.123 e. The highest BCUT2D eigenvalue weighted by atomic mass is 19.1. The number of anilines is 2. The second-order valence-electron chi connectivity index (χ2n) is 5.96. The highest BCUT2D eigenvalue weighted by Gasteiger charge is 2.15. The molecule has 0 spiro atoms. The molecule has 2 heteroatoms. The summed E-state index contributed by atoms with van der Waals surface area (Å²) in [7, 11) is 2.02. The van der Waals surface area contributed by atoms with E-state index in [2.05, 4.69) is 29.2 Å². The van der Waals surface area contributed by atoms with Gasteiger partial charge in [-0.05, 0) is 60.7 Å². The van der Waals surface area contributed by atoms with Gasteiger partial charge in [0.05, 0.1) is 0 Å². The molecule has 2 aromatic rings. The molecule has 1 aliphatic rings. The van der Waals surface area contributed by atoms with Crippen molar-refractivity contribution in [1.82, 2.24) is 0 Å². The Hall–Kier alpha value is -1.83. The summed E-state index contributed by atoms with van der Waals surface area (Å²) in [6.45, 7) is 0. The van der Waals surface area contributed by atoms with Gasteiger partial charge in [-0.1, -0.05) is 31.4 Å². The predicted molar refractivity (Wildman–Crippen MR) is 86.7 cm³/mol. The van der Waals surface area contributed by atoms with Crippen molar-refractivity contribution in [3.8, 4) is 0 Å². The van der Waals surface area contributed by atoms with Crippen molar-refractivity contribution >= 4 is 11.4 Å². The Labute approximate surface area is 126 Å². The van der Waals surface area contributed by atoms with Crippen molar-refractivity contribution in [1.29, 1.82) is 0 Å². The summed E-state index contributed by atoms with van der Waals surface area (Å²) in [6.07, 6.45) is 6.77. The minimum absolute atomic E-state index is 0.195. The summed E-state index contributed by atoms with van der Waals surface area (Å²) in [6, 6.07) is 15.5. The molecule has 0 atom stereocenters. The van der Waals surface area contributed by atoms with Crippen LogP contribution in [-0.2, 0) is 0 Å². The lowest BCUT2D eigenvalue weighted by atomic mass is 9.84. The van der Waals surface area contributed by atoms with Gasteiger partial charge in [-0.25, -0.2) is 4.39 Å². The zero-order valence-electron chi connectivity index (χ0n) is 12.6. The lowest BCUT2D eigenvalue weighted by molar-refractivity contribution is 0.443. The summed E-state index contributed by atoms with van der Waals surface area (Å²) in [5.74, 6) is 0.545. The van der Waals surface area contributed by atoms with Crippen LogP contribution in [0.15, 0.2) is 48.5 Å². The van der Waals surface area contributed by atoms with Gasteiger partial charge in [0.25, 0.3) is 0 Å². The molecule has 0 saturated heterocycles. The van der Waals surface area contributed by atoms with E-state index in [9.17, 15) is 4.39 Å². The lowest BCUT2D eigenvalue weighted by Gasteiger charge is -2.24. The van der Waals surface area contributed by atoms with Crippen molar-refractivity contribution in [3.63, 3.8) is 0 Å². The molecule has 0 radical (unpaired) electrons. The van der Waals surface area contributed by atoms with E-state index >= 15 is 0 Å². The van der Waals surface area contributed by atoms with Crippen LogP contribution >= 0.6 is 0 Å². The maximum absolute atomic E-state index is 13.0. The molecule has 0 amide bonds. The zero-order valence-corrected chi connectivity index (χ0v) is 12.6. The first-order valence-electron chi connectivity index (χ1n) is 7.83. The molecule has 0 heterocycles. The molecule has 3 rings (SSSR count). The Morgan fingerprint density at radius 3 is 1.90 bits per heavy atom. The van der Waals surface area contributed by atoms with Crippen LogP contribution in [-0.4, -0.2) is 7.05 Å². The van der Waals surface area contributed by atoms with Crippen LogP contribution in [0, 0.1) is 5.82 Å². The SMILES string of the molecule is CN(c1ccc(F)cc1)c1ccc(C2CCCCC2)cc1. The number of hydrogen-bond donors (Lipinski definition) is 0. The van der Waals surface area contributed by atoms with E-state index in [4.69, 9.17) is 0 Å². The Morgan fingerprint density at radius 1 is 0.810 bits per heavy atom. The van der Waals surface area contributed by atoms with Crippen LogP contribution in [0.25, 0.3) is 0 Å². The van der Waals surface area contributed by atoms with Gasteiger partial charge in [-0.15, -0.1) is 0 Å². The van der Waals surface area contributed by atoms with Gasteiger partial charge >= 0.3 is 0 Å². The second-order valence-corrected chi connectivity index (χ2v) is 5.96. The Kier molecular flexibility index (Phi) is 4.23. The fraction of sp³-hybridized carbons (Fsp3) is 0.368. The van der Waals surface area contributed by atoms with Crippen LogP contribution in [0.2, 0.25) is 0 Å². The van der Waals surface area contributed by atoms with E-state index in [0.29, 0.717) is 0 Å². The quantitative estimate of drug-likeness (QED) is 0.704. The standard InChI is InChI=1S/C19H22FN/c1-21(19-13-9-17(20)10-14-19)18-11-7-16(8-12-18)15-5-3-2-4-6-15/h7-15H,2-6H2,1H3. The van der Waals surface area contributed by atoms with Gasteiger partial charge in [0.2, 0.25) is 0 Å². The van der Waals surface area contributed by atoms with E-state index < -0.39 is 0 Å². The first-order valence-corrected chi connectivity index (χ1v) is 7.83. The first-order chi connectivity index (χ1) is 10.2. The molecular formula is C19H22FN. The van der Waals surface area contributed by atoms with Gasteiger partial charge in [0.1, 0.15) is 5.82 Å². The van der Waals surface area contributed by atoms with Crippen molar-refractivity contribution in [3.05, 3.63) is 59.9 Å². The van der Waals surface area contributed by atoms with Crippen LogP contribution in [0.4, 0.5) is 15.8 Å². The van der Waals surface area contributed by atoms with Gasteiger partial charge in [0.15, 0.2) is 0 Å². The second kappa shape index (κ2) is 6.30. The summed E-state index contributed by atoms with van der Waals surface area (Å²) >= 11 is 0. The molecule has 1 nitrogen and oxygen atoms in total. The molecular weight excluding hydrogens is 261 g/mol. The van der Waals surface area contributed by atoms with Crippen molar-refractivity contribution in [2.24, 2.45) is 0 Å². The third-order valence-electron chi connectivity index (χ3n) is 4.57. The van der Waals surface area contributed by atoms with Crippen LogP contribution in [0.1, 0.15) is 43.6 Å². The average Bonchev–Trinajstić information content (AvgIpc) is 2.56. The zero-order chi connectivity index (χ0) is 14.7. The van der Waals surface area contributed by atoms with Gasteiger partial charge in [-0.2, -0.15) is 0 Å². The normalized spacial score (nSPS) is 15.9. The fourth-order valence-corrected chi connectivity index (χ4v) is 3.22. The van der Waals surface area contributed by atoms with E-state index in [-0.39, 0.29) is 5.82 Å². The number of benzene rings is 2. The van der Waals surface area contributed by atoms with E-state index in [0.717, 1.165) is 17.3 Å². The van der Waals surface area contributed by atoms with Gasteiger partial charge in [-0.3, -0.25) is 0 Å². The first kappa shape index (κ1) is 14.1. The van der Waals surface area contributed by atoms with E-state index in [1.807, 2.05) is 19.2 Å². The number of halogens is 1. The third-order valence-corrected chi connectivity index (χ3v) is 4.57. The molecule has 110 valence electrons. The monoisotopic (exact) mass is 283 g/mol. The summed E-state index contributed by atoms with van der Waals surface area (Å²) in [4.78, 5) is 2.09. The lowest BCUT2D eigenvalue weighted by Crippen LogP contribution is -2.10. The molecule has 21 heavy (non-hydrogen) atoms. The average molecular weight is 283 g/mol. The summed E-state index contributed by atoms with van der Waals surface area (Å²) in [5.41, 5.74) is 3.61. The predicted octanol–water partition coefficient (Wildman–Crippen LogP) is 5.64. The minimum Gasteiger partial charge on any atom is -0.345 e. The summed E-state index contributed by atoms with van der Waals surface area (Å²) in [5, 5.41) is 0. The van der Waals surface area contributed by atoms with Crippen molar-refractivity contribution < 1.29 is 4.39 Å². The van der Waals surface area contributed by atoms with Crippen molar-refractivity contribution in [2.75, 3.05) is 11.9 Å². The van der Waals surface area contributed by atoms with Gasteiger partial charge < -0.3 is 4.90 Å². The molecule has 0 N–H and O–H groups in total. The highest BCUT2D eigenvalue weighted by Crippen LogP contribution is 2.34. The highest BCUT2D eigenvalue weighted by molar-refractivity contribution is 5.62. The largest absolute Gasteiger partial charge is 0.345 e. The Morgan fingerprint density at radius 2 is 1.33 bits per heavy atom. The van der Waals surface area contributed by atoms with E-state index in [1.54, 1.807) is 0 Å². The third kappa shape index (κ3) is 3.26. The van der Waals surface area contributed by atoms with Crippen LogP contribution < -0.4 is 4.90 Å². The molecule has 0 aromatic heterocycles. The fourth-order valence-electron chi connectivity index (χ4n) is 3.22. The molecule has 0 bridgehead atoms. The molecule has 0 unspecified atom stereocenters. The Balaban J connectivity index is 1.75. The number of nitrogens with zero attached hydrogens (tertiary/aromatic N) is 1. The Bertz CT molecular complexity index is 568. The molecule has 0 aliphatic heterocycles. The van der Waals surface area contributed by atoms with Crippen LogP contribution in [0.5, 0.6) is 0 Å². The molecule has 1 fully saturated rings. The topological polar surface area (TPSA) is 3.24 Å². The number of hydrogen-bond acceptors (Lipinski definition) is 1. The smallest absolute Gasteiger partial charge is 0.123 e. The minimum atomic E-state index is -0.195. The summed E-state index contributed by atoms with van der Waals surface area (Å²) < 4.78 is 13.0. The molecule has 1 saturated carbocycles.